The minimum absolute atomic E-state index is 0.0312. The maximum Gasteiger partial charge on any atom is 0.270 e. The van der Waals surface area contributed by atoms with Gasteiger partial charge in [-0.25, -0.2) is 0 Å². The number of hydrogen-bond acceptors (Lipinski definition) is 5. The highest BCUT2D eigenvalue weighted by atomic mass is 35.5. The van der Waals surface area contributed by atoms with E-state index in [1.807, 2.05) is 0 Å². The summed E-state index contributed by atoms with van der Waals surface area (Å²) in [6.07, 6.45) is -0.770. The molecule has 0 saturated heterocycles. The Kier molecular flexibility index (Phi) is 5.54. The number of nitro benzene ring substituents is 1. The average Bonchev–Trinajstić information content (AvgIpc) is 2.53. The number of aliphatic hydroxyl groups is 1. The van der Waals surface area contributed by atoms with Crippen molar-refractivity contribution in [2.45, 2.75) is 25.6 Å². The lowest BCUT2D eigenvalue weighted by Crippen LogP contribution is -2.31. The molecule has 0 saturated carbocycles. The van der Waals surface area contributed by atoms with Crippen LogP contribution in [0.15, 0.2) is 42.5 Å². The highest BCUT2D eigenvalue weighted by Crippen LogP contribution is 2.24. The van der Waals surface area contributed by atoms with Gasteiger partial charge in [0, 0.05) is 35.3 Å². The van der Waals surface area contributed by atoms with Crippen LogP contribution in [0.2, 0.25) is 5.02 Å². The smallest absolute Gasteiger partial charge is 0.270 e. The molecule has 6 nitrogen and oxygen atoms in total. The van der Waals surface area contributed by atoms with E-state index in [1.54, 1.807) is 31.2 Å². The van der Waals surface area contributed by atoms with Crippen LogP contribution in [0, 0.1) is 10.1 Å². The second kappa shape index (κ2) is 7.41. The Labute approximate surface area is 138 Å². The van der Waals surface area contributed by atoms with E-state index in [4.69, 9.17) is 11.6 Å². The number of aromatic hydroxyl groups is 1. The molecule has 0 heterocycles. The Hall–Kier alpha value is -2.15. The molecular weight excluding hydrogens is 320 g/mol. The van der Waals surface area contributed by atoms with Gasteiger partial charge in [-0.1, -0.05) is 23.7 Å². The van der Waals surface area contributed by atoms with Gasteiger partial charge in [0.15, 0.2) is 0 Å². The van der Waals surface area contributed by atoms with Crippen LogP contribution in [-0.4, -0.2) is 21.2 Å². The van der Waals surface area contributed by atoms with Crippen molar-refractivity contribution in [1.29, 1.82) is 0 Å². The highest BCUT2D eigenvalue weighted by Gasteiger charge is 2.17. The predicted molar refractivity (Wildman–Crippen MR) is 87.5 cm³/mol. The lowest BCUT2D eigenvalue weighted by Gasteiger charge is -2.21. The van der Waals surface area contributed by atoms with E-state index in [0.717, 1.165) is 0 Å². The second-order valence-corrected chi connectivity index (χ2v) is 5.67. The minimum Gasteiger partial charge on any atom is -0.508 e. The molecule has 0 radical (unpaired) electrons. The predicted octanol–water partition coefficient (Wildman–Crippen LogP) is 3.17. The fourth-order valence-electron chi connectivity index (χ4n) is 2.16. The molecule has 2 rings (SSSR count). The molecule has 0 aliphatic heterocycles. The summed E-state index contributed by atoms with van der Waals surface area (Å²) in [5.74, 6) is -0.0312. The molecule has 7 heteroatoms. The van der Waals surface area contributed by atoms with E-state index in [2.05, 4.69) is 5.32 Å². The fraction of sp³-hybridized carbons (Fsp3) is 0.250. The standard InChI is InChI=1S/C16H17ClN2O4/c1-10(16(21)11-2-4-13(17)5-3-11)18-9-12-8-14(19(22)23)6-7-15(12)20/h2-8,10,16,18,20-21H,9H2,1H3. The van der Waals surface area contributed by atoms with Gasteiger partial charge in [-0.2, -0.15) is 0 Å². The molecule has 2 aromatic rings. The Balaban J connectivity index is 2.03. The third-order valence-corrected chi connectivity index (χ3v) is 3.83. The van der Waals surface area contributed by atoms with E-state index in [0.29, 0.717) is 16.1 Å². The monoisotopic (exact) mass is 336 g/mol. The van der Waals surface area contributed by atoms with Crippen molar-refractivity contribution in [3.63, 3.8) is 0 Å². The van der Waals surface area contributed by atoms with Crippen LogP contribution < -0.4 is 5.32 Å². The topological polar surface area (TPSA) is 95.6 Å². The summed E-state index contributed by atoms with van der Waals surface area (Å²) in [7, 11) is 0. The second-order valence-electron chi connectivity index (χ2n) is 5.24. The van der Waals surface area contributed by atoms with Gasteiger partial charge in [0.1, 0.15) is 5.75 Å². The van der Waals surface area contributed by atoms with Gasteiger partial charge in [0.2, 0.25) is 0 Å². The van der Waals surface area contributed by atoms with Crippen LogP contribution in [0.1, 0.15) is 24.2 Å². The molecule has 0 amide bonds. The summed E-state index contributed by atoms with van der Waals surface area (Å²) in [5.41, 5.74) is 1.01. The third-order valence-electron chi connectivity index (χ3n) is 3.57. The Morgan fingerprint density at radius 1 is 1.26 bits per heavy atom. The number of nitrogens with one attached hydrogen (secondary N) is 1. The van der Waals surface area contributed by atoms with Crippen LogP contribution >= 0.6 is 11.6 Å². The highest BCUT2D eigenvalue weighted by molar-refractivity contribution is 6.30. The summed E-state index contributed by atoms with van der Waals surface area (Å²) in [5, 5.41) is 34.5. The third kappa shape index (κ3) is 4.41. The first-order chi connectivity index (χ1) is 10.9. The molecule has 0 spiro atoms. The van der Waals surface area contributed by atoms with Crippen molar-refractivity contribution in [2.24, 2.45) is 0 Å². The van der Waals surface area contributed by atoms with E-state index in [9.17, 15) is 20.3 Å². The Morgan fingerprint density at radius 3 is 2.52 bits per heavy atom. The summed E-state index contributed by atoms with van der Waals surface area (Å²) in [4.78, 5) is 10.3. The van der Waals surface area contributed by atoms with Crippen molar-refractivity contribution in [3.8, 4) is 5.75 Å². The van der Waals surface area contributed by atoms with Crippen LogP contribution in [0.4, 0.5) is 5.69 Å². The largest absolute Gasteiger partial charge is 0.508 e. The van der Waals surface area contributed by atoms with E-state index >= 15 is 0 Å². The number of non-ortho nitro benzene ring substituents is 1. The van der Waals surface area contributed by atoms with Crippen LogP contribution in [-0.2, 0) is 6.54 Å². The van der Waals surface area contributed by atoms with Gasteiger partial charge in [-0.3, -0.25) is 10.1 Å². The van der Waals surface area contributed by atoms with Gasteiger partial charge in [-0.05, 0) is 30.7 Å². The van der Waals surface area contributed by atoms with E-state index < -0.39 is 11.0 Å². The quantitative estimate of drug-likeness (QED) is 0.556. The molecule has 122 valence electrons. The zero-order chi connectivity index (χ0) is 17.0. The minimum atomic E-state index is -0.770. The molecule has 3 N–H and O–H groups in total. The molecule has 0 fully saturated rings. The van der Waals surface area contributed by atoms with Crippen molar-refractivity contribution in [1.82, 2.24) is 5.32 Å². The van der Waals surface area contributed by atoms with Crippen molar-refractivity contribution < 1.29 is 15.1 Å². The lowest BCUT2D eigenvalue weighted by molar-refractivity contribution is -0.384. The molecule has 0 bridgehead atoms. The number of nitrogens with zero attached hydrogens (tertiary/aromatic N) is 1. The molecular formula is C16H17ClN2O4. The summed E-state index contributed by atoms with van der Waals surface area (Å²) >= 11 is 5.81. The molecule has 0 aliphatic rings. The van der Waals surface area contributed by atoms with Gasteiger partial charge >= 0.3 is 0 Å². The van der Waals surface area contributed by atoms with Crippen molar-refractivity contribution in [3.05, 3.63) is 68.7 Å². The first-order valence-electron chi connectivity index (χ1n) is 7.01. The number of halogens is 1. The summed E-state index contributed by atoms with van der Waals surface area (Å²) in [6.45, 7) is 1.98. The number of aliphatic hydroxyl groups excluding tert-OH is 1. The number of rotatable bonds is 6. The van der Waals surface area contributed by atoms with Crippen LogP contribution in [0.5, 0.6) is 5.75 Å². The number of hydrogen-bond donors (Lipinski definition) is 3. The first-order valence-corrected chi connectivity index (χ1v) is 7.39. The normalized spacial score (nSPS) is 13.5. The van der Waals surface area contributed by atoms with Gasteiger partial charge in [0.05, 0.1) is 11.0 Å². The molecule has 2 atom stereocenters. The van der Waals surface area contributed by atoms with E-state index in [1.165, 1.54) is 18.2 Å². The number of phenols is 1. The van der Waals surface area contributed by atoms with Gasteiger partial charge in [0.25, 0.3) is 5.69 Å². The zero-order valence-corrected chi connectivity index (χ0v) is 13.2. The maximum absolute atomic E-state index is 10.8. The molecule has 23 heavy (non-hydrogen) atoms. The molecule has 0 aliphatic carbocycles. The van der Waals surface area contributed by atoms with Crippen LogP contribution in [0.3, 0.4) is 0 Å². The van der Waals surface area contributed by atoms with Crippen LogP contribution in [0.25, 0.3) is 0 Å². The fourth-order valence-corrected chi connectivity index (χ4v) is 2.28. The van der Waals surface area contributed by atoms with Crippen molar-refractivity contribution in [2.75, 3.05) is 0 Å². The van der Waals surface area contributed by atoms with E-state index in [-0.39, 0.29) is 24.0 Å². The zero-order valence-electron chi connectivity index (χ0n) is 12.4. The Morgan fingerprint density at radius 2 is 1.91 bits per heavy atom. The first kappa shape index (κ1) is 17.2. The number of phenolic OH excluding ortho intramolecular Hbond substituents is 1. The molecule has 2 aromatic carbocycles. The average molecular weight is 337 g/mol. The molecule has 2 unspecified atom stereocenters. The lowest BCUT2D eigenvalue weighted by atomic mass is 10.0. The number of nitro groups is 1. The van der Waals surface area contributed by atoms with Gasteiger partial charge < -0.3 is 15.5 Å². The van der Waals surface area contributed by atoms with Gasteiger partial charge in [-0.15, -0.1) is 0 Å². The van der Waals surface area contributed by atoms with Crippen molar-refractivity contribution >= 4 is 17.3 Å². The summed E-state index contributed by atoms with van der Waals surface area (Å²) in [6, 6.07) is 10.4. The Bertz CT molecular complexity index is 691. The summed E-state index contributed by atoms with van der Waals surface area (Å²) < 4.78 is 0. The maximum atomic E-state index is 10.8. The molecule has 0 aromatic heterocycles. The SMILES string of the molecule is CC(NCc1cc([N+](=O)[O-])ccc1O)C(O)c1ccc(Cl)cc1. The number of benzene rings is 2.